The van der Waals surface area contributed by atoms with Gasteiger partial charge in [0, 0.05) is 32.5 Å². The number of carbonyl (C=O) groups excluding carboxylic acids is 1. The van der Waals surface area contributed by atoms with Crippen molar-refractivity contribution in [1.82, 2.24) is 9.80 Å². The fraction of sp³-hybridized carbons (Fsp3) is 0.917. The predicted molar refractivity (Wildman–Crippen MR) is 60.9 cm³/mol. The molecule has 0 aromatic heterocycles. The maximum absolute atomic E-state index is 11.1. The molecule has 86 valence electrons. The highest BCUT2D eigenvalue weighted by molar-refractivity contribution is 5.79. The van der Waals surface area contributed by atoms with Crippen molar-refractivity contribution < 1.29 is 4.79 Å². The van der Waals surface area contributed by atoms with Crippen LogP contribution in [0.15, 0.2) is 0 Å². The minimum atomic E-state index is 0.453. The Balaban J connectivity index is 1.70. The number of Topliss-reactive ketones (excluding diaryl/α,β-unsaturated/α-hetero) is 1. The van der Waals surface area contributed by atoms with Crippen molar-refractivity contribution in [3.05, 3.63) is 0 Å². The van der Waals surface area contributed by atoms with Crippen LogP contribution in [0.1, 0.15) is 25.7 Å². The van der Waals surface area contributed by atoms with E-state index in [-0.39, 0.29) is 0 Å². The molecule has 0 spiro atoms. The predicted octanol–water partition coefficient (Wildman–Crippen LogP) is 0.993. The Kier molecular flexibility index (Phi) is 3.76. The standard InChI is InChI=1S/C12H22N2O/c1-13-6-2-11(3-7-13)10-14-8-4-12(15)5-9-14/h11H,2-10H2,1H3. The largest absolute Gasteiger partial charge is 0.306 e. The molecule has 0 bridgehead atoms. The molecule has 2 aliphatic heterocycles. The van der Waals surface area contributed by atoms with Crippen molar-refractivity contribution in [2.24, 2.45) is 5.92 Å². The third-order valence-corrected chi connectivity index (χ3v) is 3.77. The number of rotatable bonds is 2. The molecule has 0 unspecified atom stereocenters. The molecule has 0 N–H and O–H groups in total. The lowest BCUT2D eigenvalue weighted by atomic mass is 9.95. The molecule has 2 heterocycles. The zero-order chi connectivity index (χ0) is 10.7. The van der Waals surface area contributed by atoms with E-state index in [4.69, 9.17) is 0 Å². The normalized spacial score (nSPS) is 27.1. The Hall–Kier alpha value is -0.410. The summed E-state index contributed by atoms with van der Waals surface area (Å²) in [5.41, 5.74) is 0. The first-order valence-electron chi connectivity index (χ1n) is 6.16. The van der Waals surface area contributed by atoms with Crippen LogP contribution in [-0.2, 0) is 4.79 Å². The van der Waals surface area contributed by atoms with Gasteiger partial charge in [0.1, 0.15) is 5.78 Å². The minimum absolute atomic E-state index is 0.453. The lowest BCUT2D eigenvalue weighted by Gasteiger charge is -2.34. The molecule has 3 heteroatoms. The summed E-state index contributed by atoms with van der Waals surface area (Å²) >= 11 is 0. The molecule has 2 saturated heterocycles. The molecule has 2 rings (SSSR count). The SMILES string of the molecule is CN1CCC(CN2CCC(=O)CC2)CC1. The number of nitrogens with zero attached hydrogens (tertiary/aromatic N) is 2. The first-order chi connectivity index (χ1) is 7.24. The molecule has 0 saturated carbocycles. The molecular weight excluding hydrogens is 188 g/mol. The highest BCUT2D eigenvalue weighted by Crippen LogP contribution is 2.18. The van der Waals surface area contributed by atoms with E-state index in [0.717, 1.165) is 31.8 Å². The van der Waals surface area contributed by atoms with Crippen molar-refractivity contribution in [1.29, 1.82) is 0 Å². The van der Waals surface area contributed by atoms with Crippen LogP contribution in [0.5, 0.6) is 0 Å². The van der Waals surface area contributed by atoms with Gasteiger partial charge in [-0.15, -0.1) is 0 Å². The fourth-order valence-electron chi connectivity index (χ4n) is 2.59. The summed E-state index contributed by atoms with van der Waals surface area (Å²) in [4.78, 5) is 16.0. The Labute approximate surface area is 92.4 Å². The summed E-state index contributed by atoms with van der Waals surface area (Å²) in [7, 11) is 2.20. The Morgan fingerprint density at radius 2 is 1.73 bits per heavy atom. The highest BCUT2D eigenvalue weighted by Gasteiger charge is 2.22. The van der Waals surface area contributed by atoms with Crippen LogP contribution in [0.2, 0.25) is 0 Å². The average Bonchev–Trinajstić information content (AvgIpc) is 2.25. The Bertz CT molecular complexity index is 212. The Morgan fingerprint density at radius 1 is 1.13 bits per heavy atom. The van der Waals surface area contributed by atoms with E-state index in [1.807, 2.05) is 0 Å². The van der Waals surface area contributed by atoms with Gasteiger partial charge >= 0.3 is 0 Å². The zero-order valence-electron chi connectivity index (χ0n) is 9.74. The molecule has 0 aromatic carbocycles. The average molecular weight is 210 g/mol. The summed E-state index contributed by atoms with van der Waals surface area (Å²) in [6.45, 7) is 5.73. The van der Waals surface area contributed by atoms with Crippen LogP contribution in [0.25, 0.3) is 0 Å². The molecule has 2 fully saturated rings. The smallest absolute Gasteiger partial charge is 0.135 e. The zero-order valence-corrected chi connectivity index (χ0v) is 9.74. The van der Waals surface area contributed by atoms with Gasteiger partial charge in [0.05, 0.1) is 0 Å². The number of hydrogen-bond donors (Lipinski definition) is 0. The van der Waals surface area contributed by atoms with Gasteiger partial charge in [-0.05, 0) is 38.9 Å². The van der Waals surface area contributed by atoms with E-state index in [1.165, 1.54) is 32.5 Å². The number of carbonyl (C=O) groups is 1. The topological polar surface area (TPSA) is 23.6 Å². The van der Waals surface area contributed by atoms with E-state index in [9.17, 15) is 4.79 Å². The monoisotopic (exact) mass is 210 g/mol. The molecule has 0 aromatic rings. The van der Waals surface area contributed by atoms with Gasteiger partial charge in [-0.3, -0.25) is 4.79 Å². The summed E-state index contributed by atoms with van der Waals surface area (Å²) in [5.74, 6) is 1.32. The van der Waals surface area contributed by atoms with Crippen LogP contribution in [0.4, 0.5) is 0 Å². The van der Waals surface area contributed by atoms with E-state index in [2.05, 4.69) is 16.8 Å². The molecular formula is C12H22N2O. The van der Waals surface area contributed by atoms with Gasteiger partial charge in [-0.2, -0.15) is 0 Å². The Morgan fingerprint density at radius 3 is 2.33 bits per heavy atom. The molecule has 0 radical (unpaired) electrons. The second-order valence-electron chi connectivity index (χ2n) is 5.09. The maximum atomic E-state index is 11.1. The second kappa shape index (κ2) is 5.08. The van der Waals surface area contributed by atoms with Gasteiger partial charge in [-0.25, -0.2) is 0 Å². The molecule has 3 nitrogen and oxygen atoms in total. The first-order valence-corrected chi connectivity index (χ1v) is 6.16. The first kappa shape index (κ1) is 11.1. The number of likely N-dealkylation sites (tertiary alicyclic amines) is 2. The third-order valence-electron chi connectivity index (χ3n) is 3.77. The molecule has 0 amide bonds. The molecule has 2 aliphatic rings. The van der Waals surface area contributed by atoms with Crippen LogP contribution in [-0.4, -0.2) is 55.4 Å². The summed E-state index contributed by atoms with van der Waals surface area (Å²) in [6.07, 6.45) is 4.24. The fourth-order valence-corrected chi connectivity index (χ4v) is 2.59. The van der Waals surface area contributed by atoms with Gasteiger partial charge in [0.25, 0.3) is 0 Å². The van der Waals surface area contributed by atoms with Gasteiger partial charge < -0.3 is 9.80 Å². The molecule has 0 atom stereocenters. The van der Waals surface area contributed by atoms with Crippen molar-refractivity contribution in [3.8, 4) is 0 Å². The van der Waals surface area contributed by atoms with Gasteiger partial charge in [0.2, 0.25) is 0 Å². The lowest BCUT2D eigenvalue weighted by molar-refractivity contribution is -0.121. The second-order valence-corrected chi connectivity index (χ2v) is 5.09. The van der Waals surface area contributed by atoms with Crippen LogP contribution in [0, 0.1) is 5.92 Å². The van der Waals surface area contributed by atoms with E-state index < -0.39 is 0 Å². The minimum Gasteiger partial charge on any atom is -0.306 e. The summed E-state index contributed by atoms with van der Waals surface area (Å²) in [5, 5.41) is 0. The van der Waals surface area contributed by atoms with E-state index in [0.29, 0.717) is 5.78 Å². The van der Waals surface area contributed by atoms with Crippen molar-refractivity contribution in [2.45, 2.75) is 25.7 Å². The number of hydrogen-bond acceptors (Lipinski definition) is 3. The summed E-state index contributed by atoms with van der Waals surface area (Å²) in [6, 6.07) is 0. The summed E-state index contributed by atoms with van der Waals surface area (Å²) < 4.78 is 0. The maximum Gasteiger partial charge on any atom is 0.135 e. The van der Waals surface area contributed by atoms with Gasteiger partial charge in [-0.1, -0.05) is 0 Å². The van der Waals surface area contributed by atoms with E-state index in [1.54, 1.807) is 0 Å². The molecule has 0 aliphatic carbocycles. The van der Waals surface area contributed by atoms with Crippen LogP contribution < -0.4 is 0 Å². The number of ketones is 1. The van der Waals surface area contributed by atoms with Gasteiger partial charge in [0.15, 0.2) is 0 Å². The van der Waals surface area contributed by atoms with Crippen molar-refractivity contribution >= 4 is 5.78 Å². The number of piperidine rings is 2. The van der Waals surface area contributed by atoms with Crippen molar-refractivity contribution in [2.75, 3.05) is 39.8 Å². The van der Waals surface area contributed by atoms with Crippen LogP contribution in [0.3, 0.4) is 0 Å². The third kappa shape index (κ3) is 3.28. The van der Waals surface area contributed by atoms with Crippen LogP contribution >= 0.6 is 0 Å². The highest BCUT2D eigenvalue weighted by atomic mass is 16.1. The van der Waals surface area contributed by atoms with Crippen molar-refractivity contribution in [3.63, 3.8) is 0 Å². The van der Waals surface area contributed by atoms with E-state index >= 15 is 0 Å². The quantitative estimate of drug-likeness (QED) is 0.679. The lowest BCUT2D eigenvalue weighted by Crippen LogP contribution is -2.40. The molecule has 15 heavy (non-hydrogen) atoms.